The molecule has 0 saturated heterocycles. The van der Waals surface area contributed by atoms with Gasteiger partial charge < -0.3 is 25.2 Å². The van der Waals surface area contributed by atoms with Crippen LogP contribution in [0, 0.1) is 0 Å². The first-order chi connectivity index (χ1) is 15.2. The summed E-state index contributed by atoms with van der Waals surface area (Å²) in [6.45, 7) is 5.65. The van der Waals surface area contributed by atoms with E-state index in [-0.39, 0.29) is 23.9 Å². The van der Waals surface area contributed by atoms with Crippen molar-refractivity contribution >= 4 is 17.7 Å². The SMILES string of the molecule is CC(C)(C)OC(=O)NCc1ccc(C(=O)Nc2cc(Oc3ccccc3)ccc2O)cc1. The summed E-state index contributed by atoms with van der Waals surface area (Å²) >= 11 is 0. The van der Waals surface area contributed by atoms with Gasteiger partial charge in [0.1, 0.15) is 22.8 Å². The van der Waals surface area contributed by atoms with Crippen molar-refractivity contribution in [3.05, 3.63) is 83.9 Å². The number of carbonyl (C=O) groups excluding carboxylic acids is 2. The molecule has 7 heteroatoms. The van der Waals surface area contributed by atoms with Crippen LogP contribution >= 0.6 is 0 Å². The molecule has 0 fully saturated rings. The number of hydrogen-bond acceptors (Lipinski definition) is 5. The minimum Gasteiger partial charge on any atom is -0.506 e. The fourth-order valence-electron chi connectivity index (χ4n) is 2.76. The molecule has 0 aliphatic heterocycles. The first kappa shape index (κ1) is 22.7. The van der Waals surface area contributed by atoms with Gasteiger partial charge in [-0.3, -0.25) is 4.79 Å². The second-order valence-electron chi connectivity index (χ2n) is 8.10. The van der Waals surface area contributed by atoms with E-state index in [4.69, 9.17) is 9.47 Å². The topological polar surface area (TPSA) is 96.9 Å². The van der Waals surface area contributed by atoms with Crippen molar-refractivity contribution in [2.24, 2.45) is 0 Å². The van der Waals surface area contributed by atoms with E-state index in [9.17, 15) is 14.7 Å². The minimum atomic E-state index is -0.568. The van der Waals surface area contributed by atoms with Crippen LogP contribution in [0.5, 0.6) is 17.2 Å². The maximum Gasteiger partial charge on any atom is 0.407 e. The van der Waals surface area contributed by atoms with Crippen molar-refractivity contribution in [2.75, 3.05) is 5.32 Å². The second kappa shape index (κ2) is 9.87. The zero-order valence-electron chi connectivity index (χ0n) is 18.2. The van der Waals surface area contributed by atoms with Crippen LogP contribution in [0.15, 0.2) is 72.8 Å². The number of rotatable bonds is 6. The third-order valence-corrected chi connectivity index (χ3v) is 4.25. The van der Waals surface area contributed by atoms with E-state index >= 15 is 0 Å². The Hall–Kier alpha value is -4.00. The summed E-state index contributed by atoms with van der Waals surface area (Å²) in [7, 11) is 0. The third kappa shape index (κ3) is 6.77. The van der Waals surface area contributed by atoms with Gasteiger partial charge in [0.05, 0.1) is 5.69 Å². The lowest BCUT2D eigenvalue weighted by molar-refractivity contribution is 0.0523. The molecule has 166 valence electrons. The Balaban J connectivity index is 1.61. The molecule has 0 aromatic heterocycles. The Morgan fingerprint density at radius 3 is 2.25 bits per heavy atom. The predicted octanol–water partition coefficient (Wildman–Crippen LogP) is 5.46. The molecular weight excluding hydrogens is 408 g/mol. The van der Waals surface area contributed by atoms with E-state index < -0.39 is 11.7 Å². The molecule has 0 aliphatic rings. The van der Waals surface area contributed by atoms with E-state index in [1.54, 1.807) is 57.2 Å². The molecule has 0 radical (unpaired) electrons. The summed E-state index contributed by atoms with van der Waals surface area (Å²) in [6, 6.07) is 20.6. The number of phenols is 1. The molecule has 0 heterocycles. The number of benzene rings is 3. The molecule has 7 nitrogen and oxygen atoms in total. The zero-order valence-corrected chi connectivity index (χ0v) is 18.2. The van der Waals surface area contributed by atoms with Crippen molar-refractivity contribution in [1.29, 1.82) is 0 Å². The monoisotopic (exact) mass is 434 g/mol. The molecule has 0 bridgehead atoms. The predicted molar refractivity (Wildman–Crippen MR) is 122 cm³/mol. The molecule has 3 rings (SSSR count). The van der Waals surface area contributed by atoms with E-state index in [2.05, 4.69) is 10.6 Å². The molecule has 0 atom stereocenters. The first-order valence-corrected chi connectivity index (χ1v) is 10.1. The summed E-state index contributed by atoms with van der Waals surface area (Å²) in [5, 5.41) is 15.5. The highest BCUT2D eigenvalue weighted by atomic mass is 16.6. The van der Waals surface area contributed by atoms with Gasteiger partial charge in [0.15, 0.2) is 0 Å². The number of carbonyl (C=O) groups is 2. The van der Waals surface area contributed by atoms with Crippen LogP contribution in [0.2, 0.25) is 0 Å². The Morgan fingerprint density at radius 2 is 1.59 bits per heavy atom. The minimum absolute atomic E-state index is 0.0723. The van der Waals surface area contributed by atoms with E-state index in [0.29, 0.717) is 17.1 Å². The molecule has 0 unspecified atom stereocenters. The van der Waals surface area contributed by atoms with Crippen LogP contribution in [0.25, 0.3) is 0 Å². The van der Waals surface area contributed by atoms with E-state index in [1.807, 2.05) is 30.3 Å². The molecule has 3 aromatic rings. The molecular formula is C25H26N2O5. The Bertz CT molecular complexity index is 1070. The fraction of sp³-hybridized carbons (Fsp3) is 0.200. The quantitative estimate of drug-likeness (QED) is 0.448. The largest absolute Gasteiger partial charge is 0.506 e. The van der Waals surface area contributed by atoms with Crippen molar-refractivity contribution < 1.29 is 24.2 Å². The van der Waals surface area contributed by atoms with Gasteiger partial charge in [0, 0.05) is 18.2 Å². The highest BCUT2D eigenvalue weighted by molar-refractivity contribution is 6.05. The van der Waals surface area contributed by atoms with Gasteiger partial charge in [-0.25, -0.2) is 4.79 Å². The summed E-state index contributed by atoms with van der Waals surface area (Å²) in [5.74, 6) is 0.666. The van der Waals surface area contributed by atoms with Crippen LogP contribution in [0.4, 0.5) is 10.5 Å². The lowest BCUT2D eigenvalue weighted by Gasteiger charge is -2.19. The number of nitrogens with one attached hydrogen (secondary N) is 2. The van der Waals surface area contributed by atoms with Crippen LogP contribution in [0.3, 0.4) is 0 Å². The normalized spacial score (nSPS) is 10.8. The van der Waals surface area contributed by atoms with Crippen molar-refractivity contribution in [3.63, 3.8) is 0 Å². The van der Waals surface area contributed by atoms with Gasteiger partial charge >= 0.3 is 6.09 Å². The lowest BCUT2D eigenvalue weighted by atomic mass is 10.1. The van der Waals surface area contributed by atoms with Gasteiger partial charge in [-0.05, 0) is 62.7 Å². The number of aromatic hydroxyl groups is 1. The first-order valence-electron chi connectivity index (χ1n) is 10.1. The molecule has 32 heavy (non-hydrogen) atoms. The van der Waals surface area contributed by atoms with Crippen LogP contribution in [-0.2, 0) is 11.3 Å². The highest BCUT2D eigenvalue weighted by Crippen LogP contribution is 2.31. The molecule has 2 amide bonds. The summed E-state index contributed by atoms with van der Waals surface area (Å²) in [4.78, 5) is 24.4. The number of anilines is 1. The second-order valence-corrected chi connectivity index (χ2v) is 8.10. The summed E-state index contributed by atoms with van der Waals surface area (Å²) < 4.78 is 10.9. The van der Waals surface area contributed by atoms with E-state index in [1.165, 1.54) is 6.07 Å². The number of amides is 2. The highest BCUT2D eigenvalue weighted by Gasteiger charge is 2.16. The van der Waals surface area contributed by atoms with E-state index in [0.717, 1.165) is 5.56 Å². The Labute approximate surface area is 187 Å². The lowest BCUT2D eigenvalue weighted by Crippen LogP contribution is -2.32. The van der Waals surface area contributed by atoms with Gasteiger partial charge in [-0.1, -0.05) is 30.3 Å². The smallest absolute Gasteiger partial charge is 0.407 e. The van der Waals surface area contributed by atoms with Crippen LogP contribution in [0.1, 0.15) is 36.7 Å². The average molecular weight is 434 g/mol. The molecule has 3 aromatic carbocycles. The van der Waals surface area contributed by atoms with Crippen molar-refractivity contribution in [1.82, 2.24) is 5.32 Å². The molecule has 0 saturated carbocycles. The Kier molecular flexibility index (Phi) is 7.00. The van der Waals surface area contributed by atoms with Crippen LogP contribution in [-0.4, -0.2) is 22.7 Å². The maximum atomic E-state index is 12.6. The number of para-hydroxylation sites is 1. The number of hydrogen-bond donors (Lipinski definition) is 3. The van der Waals surface area contributed by atoms with Crippen molar-refractivity contribution in [2.45, 2.75) is 32.9 Å². The molecule has 0 spiro atoms. The van der Waals surface area contributed by atoms with Gasteiger partial charge in [-0.15, -0.1) is 0 Å². The van der Waals surface area contributed by atoms with Gasteiger partial charge in [-0.2, -0.15) is 0 Å². The van der Waals surface area contributed by atoms with Gasteiger partial charge in [0.25, 0.3) is 5.91 Å². The Morgan fingerprint density at radius 1 is 0.906 bits per heavy atom. The molecule has 3 N–H and O–H groups in total. The average Bonchev–Trinajstić information content (AvgIpc) is 2.74. The van der Waals surface area contributed by atoms with Crippen LogP contribution < -0.4 is 15.4 Å². The standard InChI is InChI=1S/C25H26N2O5/c1-25(2,3)32-24(30)26-16-17-9-11-18(12-10-17)23(29)27-21-15-20(13-14-22(21)28)31-19-7-5-4-6-8-19/h4-15,28H,16H2,1-3H3,(H,26,30)(H,27,29). The number of phenolic OH excluding ortho intramolecular Hbond substituents is 1. The third-order valence-electron chi connectivity index (χ3n) is 4.25. The van der Waals surface area contributed by atoms with Gasteiger partial charge in [0.2, 0.25) is 0 Å². The van der Waals surface area contributed by atoms with Crippen molar-refractivity contribution in [3.8, 4) is 17.2 Å². The number of alkyl carbamates (subject to hydrolysis) is 1. The maximum absolute atomic E-state index is 12.6. The summed E-state index contributed by atoms with van der Waals surface area (Å²) in [5.41, 5.74) is 0.883. The fourth-order valence-corrected chi connectivity index (χ4v) is 2.76. The molecule has 0 aliphatic carbocycles. The number of ether oxygens (including phenoxy) is 2. The zero-order chi connectivity index (χ0) is 23.1. The summed E-state index contributed by atoms with van der Waals surface area (Å²) in [6.07, 6.45) is -0.507.